The summed E-state index contributed by atoms with van der Waals surface area (Å²) in [4.78, 5) is 13.3. The first kappa shape index (κ1) is 16.6. The van der Waals surface area contributed by atoms with Crippen molar-refractivity contribution >= 4 is 38.3 Å². The van der Waals surface area contributed by atoms with Crippen LogP contribution in [-0.4, -0.2) is 46.5 Å². The number of morpholine rings is 1. The lowest BCUT2D eigenvalue weighted by molar-refractivity contribution is 0.122. The molecule has 4 heterocycles. The van der Waals surface area contributed by atoms with Crippen LogP contribution in [0.2, 0.25) is 0 Å². The number of nitrogens with two attached hydrogens (primary N) is 1. The van der Waals surface area contributed by atoms with E-state index in [1.807, 2.05) is 31.3 Å². The van der Waals surface area contributed by atoms with Gasteiger partial charge in [-0.25, -0.2) is 9.97 Å². The first-order valence-electron chi connectivity index (χ1n) is 9.03. The number of aromatic amines is 1. The van der Waals surface area contributed by atoms with Crippen molar-refractivity contribution in [3.05, 3.63) is 35.3 Å². The van der Waals surface area contributed by atoms with E-state index in [0.29, 0.717) is 19.0 Å². The SMILES string of the molecule is CC(N)c1cc2nc(-c3cccc4[nH]ncc34)nc(N3CCOCC3)c2s1. The minimum Gasteiger partial charge on any atom is -0.378 e. The summed E-state index contributed by atoms with van der Waals surface area (Å²) in [5, 5.41) is 8.21. The van der Waals surface area contributed by atoms with E-state index in [9.17, 15) is 0 Å². The van der Waals surface area contributed by atoms with Gasteiger partial charge in [-0.2, -0.15) is 5.10 Å². The van der Waals surface area contributed by atoms with E-state index in [1.54, 1.807) is 11.3 Å². The number of H-pyrrole nitrogens is 1. The average Bonchev–Trinajstić information content (AvgIpc) is 3.34. The van der Waals surface area contributed by atoms with E-state index < -0.39 is 0 Å². The fourth-order valence-corrected chi connectivity index (χ4v) is 4.50. The maximum Gasteiger partial charge on any atom is 0.162 e. The Morgan fingerprint density at radius 2 is 2.11 bits per heavy atom. The second-order valence-corrected chi connectivity index (χ2v) is 7.84. The van der Waals surface area contributed by atoms with Crippen molar-refractivity contribution in [1.29, 1.82) is 0 Å². The van der Waals surface area contributed by atoms with E-state index in [4.69, 9.17) is 20.4 Å². The highest BCUT2D eigenvalue weighted by Crippen LogP contribution is 2.37. The van der Waals surface area contributed by atoms with Crippen LogP contribution in [0.3, 0.4) is 0 Å². The average molecular weight is 380 g/mol. The number of ether oxygens (including phenoxy) is 1. The van der Waals surface area contributed by atoms with Crippen LogP contribution < -0.4 is 10.6 Å². The molecule has 3 N–H and O–H groups in total. The molecular weight excluding hydrogens is 360 g/mol. The molecule has 0 spiro atoms. The fourth-order valence-electron chi connectivity index (χ4n) is 3.43. The molecule has 27 heavy (non-hydrogen) atoms. The Labute approximate surface area is 160 Å². The first-order chi connectivity index (χ1) is 13.2. The van der Waals surface area contributed by atoms with Crippen LogP contribution in [0.5, 0.6) is 0 Å². The van der Waals surface area contributed by atoms with Gasteiger partial charge < -0.3 is 15.4 Å². The van der Waals surface area contributed by atoms with Crippen molar-refractivity contribution in [1.82, 2.24) is 20.2 Å². The number of rotatable bonds is 3. The van der Waals surface area contributed by atoms with Gasteiger partial charge in [-0.05, 0) is 19.1 Å². The molecule has 8 heteroatoms. The second-order valence-electron chi connectivity index (χ2n) is 6.76. The van der Waals surface area contributed by atoms with E-state index in [0.717, 1.165) is 50.5 Å². The lowest BCUT2D eigenvalue weighted by Crippen LogP contribution is -2.36. The number of aromatic nitrogens is 4. The number of anilines is 1. The summed E-state index contributed by atoms with van der Waals surface area (Å²) in [6.45, 7) is 5.08. The number of nitrogens with one attached hydrogen (secondary N) is 1. The minimum absolute atomic E-state index is 0.0255. The molecule has 1 aromatic carbocycles. The second kappa shape index (κ2) is 6.56. The summed E-state index contributed by atoms with van der Waals surface area (Å²) < 4.78 is 6.61. The van der Waals surface area contributed by atoms with Gasteiger partial charge in [0.1, 0.15) is 0 Å². The summed E-state index contributed by atoms with van der Waals surface area (Å²) >= 11 is 1.68. The molecule has 0 aliphatic carbocycles. The predicted octanol–water partition coefficient (Wildman–Crippen LogP) is 3.09. The van der Waals surface area contributed by atoms with Crippen LogP contribution in [0.1, 0.15) is 17.8 Å². The van der Waals surface area contributed by atoms with E-state index >= 15 is 0 Å². The minimum atomic E-state index is -0.0255. The van der Waals surface area contributed by atoms with Gasteiger partial charge in [-0.3, -0.25) is 5.10 Å². The zero-order valence-electron chi connectivity index (χ0n) is 15.0. The number of nitrogens with zero attached hydrogens (tertiary/aromatic N) is 4. The lowest BCUT2D eigenvalue weighted by Gasteiger charge is -2.28. The largest absolute Gasteiger partial charge is 0.378 e. The third kappa shape index (κ3) is 2.86. The van der Waals surface area contributed by atoms with Crippen LogP contribution in [0, 0.1) is 0 Å². The van der Waals surface area contributed by atoms with Gasteiger partial charge in [0.25, 0.3) is 0 Å². The maximum atomic E-state index is 6.13. The van der Waals surface area contributed by atoms with Crippen LogP contribution >= 0.6 is 11.3 Å². The summed E-state index contributed by atoms with van der Waals surface area (Å²) in [5.74, 6) is 1.68. The molecular formula is C19H20N6OS. The van der Waals surface area contributed by atoms with E-state index in [-0.39, 0.29) is 6.04 Å². The smallest absolute Gasteiger partial charge is 0.162 e. The molecule has 1 aliphatic heterocycles. The Bertz CT molecular complexity index is 1110. The Morgan fingerprint density at radius 1 is 1.26 bits per heavy atom. The molecule has 1 fully saturated rings. The van der Waals surface area contributed by atoms with Crippen LogP contribution in [0.25, 0.3) is 32.5 Å². The third-order valence-electron chi connectivity index (χ3n) is 4.86. The third-order valence-corrected chi connectivity index (χ3v) is 6.18. The molecule has 3 aromatic heterocycles. The Hall–Kier alpha value is -2.55. The normalized spacial score (nSPS) is 16.3. The number of thiophene rings is 1. The van der Waals surface area contributed by atoms with Crippen molar-refractivity contribution < 1.29 is 4.74 Å². The summed E-state index contributed by atoms with van der Waals surface area (Å²) in [6, 6.07) is 8.11. The van der Waals surface area contributed by atoms with Crippen LogP contribution in [0.15, 0.2) is 30.5 Å². The van der Waals surface area contributed by atoms with Crippen molar-refractivity contribution in [2.24, 2.45) is 5.73 Å². The van der Waals surface area contributed by atoms with Gasteiger partial charge in [0.05, 0.1) is 35.1 Å². The molecule has 1 saturated heterocycles. The molecule has 5 rings (SSSR count). The number of hydrogen-bond acceptors (Lipinski definition) is 7. The lowest BCUT2D eigenvalue weighted by atomic mass is 10.1. The van der Waals surface area contributed by atoms with Gasteiger partial charge in [-0.15, -0.1) is 11.3 Å². The quantitative estimate of drug-likeness (QED) is 0.567. The summed E-state index contributed by atoms with van der Waals surface area (Å²) in [6.07, 6.45) is 1.83. The monoisotopic (exact) mass is 380 g/mol. The zero-order valence-corrected chi connectivity index (χ0v) is 15.8. The molecule has 1 aliphatic rings. The highest BCUT2D eigenvalue weighted by atomic mass is 32.1. The standard InChI is InChI=1S/C19H20N6OS/c1-11(20)16-9-15-17(27-16)19(25-5-7-26-8-6-25)23-18(22-15)12-3-2-4-14-13(12)10-21-24-14/h2-4,9-11H,5-8,20H2,1H3,(H,21,24). The molecule has 0 saturated carbocycles. The predicted molar refractivity (Wildman–Crippen MR) is 108 cm³/mol. The van der Waals surface area contributed by atoms with Crippen molar-refractivity contribution in [2.45, 2.75) is 13.0 Å². The fraction of sp³-hybridized carbons (Fsp3) is 0.316. The summed E-state index contributed by atoms with van der Waals surface area (Å²) in [5.41, 5.74) is 9.03. The molecule has 7 nitrogen and oxygen atoms in total. The molecule has 1 unspecified atom stereocenters. The zero-order chi connectivity index (χ0) is 18.4. The Balaban J connectivity index is 1.74. The van der Waals surface area contributed by atoms with Crippen LogP contribution in [0.4, 0.5) is 5.82 Å². The van der Waals surface area contributed by atoms with Crippen molar-refractivity contribution in [2.75, 3.05) is 31.2 Å². The molecule has 0 amide bonds. The maximum absolute atomic E-state index is 6.13. The molecule has 138 valence electrons. The Kier molecular flexibility index (Phi) is 4.04. The van der Waals surface area contributed by atoms with Gasteiger partial charge in [0.15, 0.2) is 11.6 Å². The highest BCUT2D eigenvalue weighted by molar-refractivity contribution is 7.19. The Morgan fingerprint density at radius 3 is 2.93 bits per heavy atom. The van der Waals surface area contributed by atoms with Gasteiger partial charge >= 0.3 is 0 Å². The van der Waals surface area contributed by atoms with Gasteiger partial charge in [0, 0.05) is 35.0 Å². The summed E-state index contributed by atoms with van der Waals surface area (Å²) in [7, 11) is 0. The van der Waals surface area contributed by atoms with Crippen molar-refractivity contribution in [3.63, 3.8) is 0 Å². The van der Waals surface area contributed by atoms with E-state index in [1.165, 1.54) is 0 Å². The molecule has 4 aromatic rings. The molecule has 0 radical (unpaired) electrons. The number of benzene rings is 1. The first-order valence-corrected chi connectivity index (χ1v) is 9.84. The molecule has 0 bridgehead atoms. The highest BCUT2D eigenvalue weighted by Gasteiger charge is 2.21. The van der Waals surface area contributed by atoms with Gasteiger partial charge in [-0.1, -0.05) is 12.1 Å². The molecule has 1 atom stereocenters. The van der Waals surface area contributed by atoms with Crippen molar-refractivity contribution in [3.8, 4) is 11.4 Å². The van der Waals surface area contributed by atoms with Crippen LogP contribution in [-0.2, 0) is 4.74 Å². The van der Waals surface area contributed by atoms with Gasteiger partial charge in [0.2, 0.25) is 0 Å². The van der Waals surface area contributed by atoms with E-state index in [2.05, 4.69) is 21.2 Å². The number of hydrogen-bond donors (Lipinski definition) is 2. The number of fused-ring (bicyclic) bond motifs is 2. The topological polar surface area (TPSA) is 93.0 Å².